The zero-order chi connectivity index (χ0) is 15.8. The van der Waals surface area contributed by atoms with Crippen LogP contribution in [-0.4, -0.2) is 36.5 Å². The molecule has 2 rings (SSSR count). The van der Waals surface area contributed by atoms with Crippen molar-refractivity contribution in [2.45, 2.75) is 6.61 Å². The molecule has 0 amide bonds. The third-order valence-corrected chi connectivity index (χ3v) is 3.55. The summed E-state index contributed by atoms with van der Waals surface area (Å²) in [7, 11) is 0. The van der Waals surface area contributed by atoms with Crippen molar-refractivity contribution < 1.29 is 14.9 Å². The quantitative estimate of drug-likeness (QED) is 0.785. The number of rotatable bonds is 8. The van der Waals surface area contributed by atoms with Crippen molar-refractivity contribution in [2.75, 3.05) is 31.2 Å². The van der Waals surface area contributed by atoms with Gasteiger partial charge in [0.1, 0.15) is 12.4 Å². The molecule has 0 aliphatic rings. The van der Waals surface area contributed by atoms with Crippen LogP contribution in [0.3, 0.4) is 0 Å². The molecule has 0 unspecified atom stereocenters. The molecule has 0 saturated heterocycles. The Morgan fingerprint density at radius 1 is 0.955 bits per heavy atom. The van der Waals surface area contributed by atoms with Gasteiger partial charge in [-0.05, 0) is 23.8 Å². The maximum atomic E-state index is 9.08. The van der Waals surface area contributed by atoms with Crippen molar-refractivity contribution in [3.63, 3.8) is 0 Å². The molecule has 2 aromatic carbocycles. The SMILES string of the molecule is OCCN(CCO)c1ccc(OCc2ccccc2)c(Cl)c1. The van der Waals surface area contributed by atoms with Crippen molar-refractivity contribution in [1.29, 1.82) is 0 Å². The molecule has 2 aromatic rings. The third kappa shape index (κ3) is 4.63. The average Bonchev–Trinajstić information content (AvgIpc) is 2.54. The third-order valence-electron chi connectivity index (χ3n) is 3.26. The first-order valence-corrected chi connectivity index (χ1v) is 7.55. The van der Waals surface area contributed by atoms with Gasteiger partial charge < -0.3 is 19.8 Å². The van der Waals surface area contributed by atoms with Crippen molar-refractivity contribution in [3.8, 4) is 5.75 Å². The standard InChI is InChI=1S/C17H20ClNO3/c18-16-12-15(19(8-10-20)9-11-21)6-7-17(16)22-13-14-4-2-1-3-5-14/h1-7,12,20-21H,8-11,13H2. The Kier molecular flexibility index (Phi) is 6.52. The molecule has 2 N–H and O–H groups in total. The minimum atomic E-state index is 0.0177. The molecule has 0 aliphatic carbocycles. The zero-order valence-electron chi connectivity index (χ0n) is 12.3. The van der Waals surface area contributed by atoms with E-state index in [0.29, 0.717) is 30.5 Å². The van der Waals surface area contributed by atoms with Crippen LogP contribution in [0, 0.1) is 0 Å². The van der Waals surface area contributed by atoms with Crippen LogP contribution in [-0.2, 0) is 6.61 Å². The summed E-state index contributed by atoms with van der Waals surface area (Å²) in [5.41, 5.74) is 1.92. The molecule has 0 heterocycles. The number of aliphatic hydroxyl groups is 2. The van der Waals surface area contributed by atoms with Crippen LogP contribution in [0.25, 0.3) is 0 Å². The molecule has 0 radical (unpaired) electrons. The Labute approximate surface area is 135 Å². The molecule has 0 atom stereocenters. The van der Waals surface area contributed by atoms with E-state index in [-0.39, 0.29) is 13.2 Å². The summed E-state index contributed by atoms with van der Waals surface area (Å²) in [6.45, 7) is 1.38. The van der Waals surface area contributed by atoms with Crippen LogP contribution in [0.4, 0.5) is 5.69 Å². The van der Waals surface area contributed by atoms with Gasteiger partial charge in [-0.15, -0.1) is 0 Å². The Bertz CT molecular complexity index is 571. The predicted molar refractivity (Wildman–Crippen MR) is 88.6 cm³/mol. The summed E-state index contributed by atoms with van der Waals surface area (Å²) >= 11 is 6.26. The van der Waals surface area contributed by atoms with Crippen LogP contribution >= 0.6 is 11.6 Å². The van der Waals surface area contributed by atoms with Crippen LogP contribution < -0.4 is 9.64 Å². The number of ether oxygens (including phenoxy) is 1. The number of halogens is 1. The summed E-state index contributed by atoms with van der Waals surface area (Å²) < 4.78 is 5.73. The molecule has 0 aliphatic heterocycles. The van der Waals surface area contributed by atoms with Crippen molar-refractivity contribution >= 4 is 17.3 Å². The number of aliphatic hydroxyl groups excluding tert-OH is 2. The normalized spacial score (nSPS) is 10.5. The van der Waals surface area contributed by atoms with Gasteiger partial charge in [0.2, 0.25) is 0 Å². The molecule has 5 heteroatoms. The molecular formula is C17H20ClNO3. The Hall–Kier alpha value is -1.75. The first-order valence-electron chi connectivity index (χ1n) is 7.17. The predicted octanol–water partition coefficient (Wildman–Crippen LogP) is 2.71. The molecule has 0 aromatic heterocycles. The first kappa shape index (κ1) is 16.6. The monoisotopic (exact) mass is 321 g/mol. The van der Waals surface area contributed by atoms with E-state index in [1.54, 1.807) is 6.07 Å². The van der Waals surface area contributed by atoms with E-state index < -0.39 is 0 Å². The van der Waals surface area contributed by atoms with E-state index in [1.807, 2.05) is 47.4 Å². The highest BCUT2D eigenvalue weighted by atomic mass is 35.5. The number of anilines is 1. The fourth-order valence-corrected chi connectivity index (χ4v) is 2.38. The second-order valence-corrected chi connectivity index (χ2v) is 5.23. The van der Waals surface area contributed by atoms with Gasteiger partial charge in [0.25, 0.3) is 0 Å². The lowest BCUT2D eigenvalue weighted by Crippen LogP contribution is -2.29. The molecule has 118 valence electrons. The molecule has 22 heavy (non-hydrogen) atoms. The van der Waals surface area contributed by atoms with Crippen LogP contribution in [0.1, 0.15) is 5.56 Å². The van der Waals surface area contributed by atoms with Crippen LogP contribution in [0.15, 0.2) is 48.5 Å². The lowest BCUT2D eigenvalue weighted by molar-refractivity contribution is 0.281. The van der Waals surface area contributed by atoms with Gasteiger partial charge in [0.15, 0.2) is 0 Å². The second-order valence-electron chi connectivity index (χ2n) is 4.82. The first-order chi connectivity index (χ1) is 10.7. The molecule has 0 spiro atoms. The molecule has 0 bridgehead atoms. The van der Waals surface area contributed by atoms with E-state index in [9.17, 15) is 0 Å². The highest BCUT2D eigenvalue weighted by Crippen LogP contribution is 2.30. The molecule has 4 nitrogen and oxygen atoms in total. The van der Waals surface area contributed by atoms with Crippen LogP contribution in [0.2, 0.25) is 5.02 Å². The fraction of sp³-hybridized carbons (Fsp3) is 0.294. The summed E-state index contributed by atoms with van der Waals surface area (Å²) in [5, 5.41) is 18.7. The minimum absolute atomic E-state index is 0.0177. The number of benzene rings is 2. The lowest BCUT2D eigenvalue weighted by Gasteiger charge is -2.23. The molecular weight excluding hydrogens is 302 g/mol. The largest absolute Gasteiger partial charge is 0.487 e. The van der Waals surface area contributed by atoms with E-state index in [4.69, 9.17) is 26.6 Å². The maximum absolute atomic E-state index is 9.08. The topological polar surface area (TPSA) is 52.9 Å². The molecule has 0 saturated carbocycles. The number of hydrogen-bond acceptors (Lipinski definition) is 4. The zero-order valence-corrected chi connectivity index (χ0v) is 13.0. The summed E-state index contributed by atoms with van der Waals surface area (Å²) in [5.74, 6) is 0.613. The lowest BCUT2D eigenvalue weighted by atomic mass is 10.2. The second kappa shape index (κ2) is 8.63. The van der Waals surface area contributed by atoms with E-state index in [0.717, 1.165) is 11.3 Å². The van der Waals surface area contributed by atoms with Gasteiger partial charge in [-0.25, -0.2) is 0 Å². The average molecular weight is 322 g/mol. The van der Waals surface area contributed by atoms with E-state index >= 15 is 0 Å². The minimum Gasteiger partial charge on any atom is -0.487 e. The van der Waals surface area contributed by atoms with Gasteiger partial charge in [-0.1, -0.05) is 41.9 Å². The Morgan fingerprint density at radius 3 is 2.23 bits per heavy atom. The van der Waals surface area contributed by atoms with Crippen LogP contribution in [0.5, 0.6) is 5.75 Å². The van der Waals surface area contributed by atoms with Crippen molar-refractivity contribution in [2.24, 2.45) is 0 Å². The molecule has 0 fully saturated rings. The Balaban J connectivity index is 2.05. The smallest absolute Gasteiger partial charge is 0.138 e. The van der Waals surface area contributed by atoms with Crippen molar-refractivity contribution in [3.05, 3.63) is 59.1 Å². The van der Waals surface area contributed by atoms with Gasteiger partial charge in [0.05, 0.1) is 18.2 Å². The van der Waals surface area contributed by atoms with Gasteiger partial charge in [0, 0.05) is 18.8 Å². The Morgan fingerprint density at radius 2 is 1.64 bits per heavy atom. The van der Waals surface area contributed by atoms with E-state index in [1.165, 1.54) is 0 Å². The highest BCUT2D eigenvalue weighted by molar-refractivity contribution is 6.32. The number of hydrogen-bond donors (Lipinski definition) is 2. The van der Waals surface area contributed by atoms with E-state index in [2.05, 4.69) is 0 Å². The fourth-order valence-electron chi connectivity index (χ4n) is 2.15. The number of nitrogens with zero attached hydrogens (tertiary/aromatic N) is 1. The van der Waals surface area contributed by atoms with Crippen molar-refractivity contribution in [1.82, 2.24) is 0 Å². The highest BCUT2D eigenvalue weighted by Gasteiger charge is 2.09. The van der Waals surface area contributed by atoms with Gasteiger partial charge in [-0.3, -0.25) is 0 Å². The summed E-state index contributed by atoms with van der Waals surface area (Å²) in [6.07, 6.45) is 0. The summed E-state index contributed by atoms with van der Waals surface area (Å²) in [6, 6.07) is 15.3. The van der Waals surface area contributed by atoms with Gasteiger partial charge >= 0.3 is 0 Å². The van der Waals surface area contributed by atoms with Gasteiger partial charge in [-0.2, -0.15) is 0 Å². The maximum Gasteiger partial charge on any atom is 0.138 e. The summed E-state index contributed by atoms with van der Waals surface area (Å²) in [4.78, 5) is 1.87.